The van der Waals surface area contributed by atoms with E-state index < -0.39 is 0 Å². The minimum absolute atomic E-state index is 0.139. The Morgan fingerprint density at radius 3 is 2.58 bits per heavy atom. The number of carbonyl (C=O) groups is 1. The number of nitrogens with zero attached hydrogens (tertiary/aromatic N) is 4. The average Bonchev–Trinajstić information content (AvgIpc) is 2.86. The zero-order valence-electron chi connectivity index (χ0n) is 14.2. The molecule has 5 nitrogen and oxygen atoms in total. The number of hydrogen-bond acceptors (Lipinski definition) is 3. The molecule has 6 heteroatoms. The van der Waals surface area contributed by atoms with Crippen molar-refractivity contribution in [2.24, 2.45) is 0 Å². The summed E-state index contributed by atoms with van der Waals surface area (Å²) in [4.78, 5) is 16.8. The quantitative estimate of drug-likeness (QED) is 0.805. The van der Waals surface area contributed by atoms with Crippen LogP contribution in [0.5, 0.6) is 0 Å². The Labute approximate surface area is 151 Å². The molecule has 0 aliphatic carbocycles. The van der Waals surface area contributed by atoms with Crippen molar-refractivity contribution >= 4 is 21.8 Å². The van der Waals surface area contributed by atoms with Crippen molar-refractivity contribution in [1.29, 1.82) is 0 Å². The van der Waals surface area contributed by atoms with Crippen LogP contribution in [0.2, 0.25) is 0 Å². The van der Waals surface area contributed by atoms with E-state index in [-0.39, 0.29) is 5.91 Å². The molecule has 128 valence electrons. The van der Waals surface area contributed by atoms with Gasteiger partial charge in [-0.25, -0.2) is 0 Å². The zero-order valence-corrected chi connectivity index (χ0v) is 15.8. The molecule has 0 unspecified atom stereocenters. The lowest BCUT2D eigenvalue weighted by Crippen LogP contribution is -2.49. The van der Waals surface area contributed by atoms with E-state index in [1.54, 1.807) is 4.68 Å². The van der Waals surface area contributed by atoms with Gasteiger partial charge in [0.1, 0.15) is 6.54 Å². The molecule has 24 heavy (non-hydrogen) atoms. The average molecular weight is 391 g/mol. The van der Waals surface area contributed by atoms with E-state index in [9.17, 15) is 4.79 Å². The highest BCUT2D eigenvalue weighted by Crippen LogP contribution is 2.14. The fourth-order valence-corrected chi connectivity index (χ4v) is 3.35. The Kier molecular flexibility index (Phi) is 5.36. The molecule has 0 atom stereocenters. The molecular weight excluding hydrogens is 368 g/mol. The SMILES string of the molecule is Cc1cccc(CN2CCN(C(=O)Cn3cc(Br)c(C)n3)CC2)c1. The molecule has 0 radical (unpaired) electrons. The first-order valence-electron chi connectivity index (χ1n) is 8.26. The maximum absolute atomic E-state index is 12.4. The second-order valence-electron chi connectivity index (χ2n) is 6.41. The Balaban J connectivity index is 1.50. The zero-order chi connectivity index (χ0) is 17.1. The van der Waals surface area contributed by atoms with Gasteiger partial charge in [-0.3, -0.25) is 14.4 Å². The summed E-state index contributed by atoms with van der Waals surface area (Å²) in [5.41, 5.74) is 3.54. The van der Waals surface area contributed by atoms with Crippen molar-refractivity contribution in [3.05, 3.63) is 51.8 Å². The van der Waals surface area contributed by atoms with Crippen LogP contribution in [0.25, 0.3) is 0 Å². The van der Waals surface area contributed by atoms with Crippen LogP contribution < -0.4 is 0 Å². The first kappa shape index (κ1) is 17.2. The Morgan fingerprint density at radius 2 is 1.96 bits per heavy atom. The third-order valence-corrected chi connectivity index (χ3v) is 5.18. The van der Waals surface area contributed by atoms with Crippen molar-refractivity contribution in [1.82, 2.24) is 19.6 Å². The number of carbonyl (C=O) groups excluding carboxylic acids is 1. The monoisotopic (exact) mass is 390 g/mol. The van der Waals surface area contributed by atoms with Gasteiger partial charge in [0.15, 0.2) is 0 Å². The van der Waals surface area contributed by atoms with Gasteiger partial charge >= 0.3 is 0 Å². The number of piperazine rings is 1. The molecular formula is C18H23BrN4O. The molecule has 2 aromatic rings. The van der Waals surface area contributed by atoms with Crippen LogP contribution >= 0.6 is 15.9 Å². The Hall–Kier alpha value is -1.66. The number of aryl methyl sites for hydroxylation is 2. The molecule has 1 aliphatic heterocycles. The lowest BCUT2D eigenvalue weighted by molar-refractivity contribution is -0.133. The van der Waals surface area contributed by atoms with Crippen molar-refractivity contribution < 1.29 is 4.79 Å². The van der Waals surface area contributed by atoms with Crippen LogP contribution in [-0.4, -0.2) is 51.7 Å². The summed E-state index contributed by atoms with van der Waals surface area (Å²) in [6.07, 6.45) is 1.86. The van der Waals surface area contributed by atoms with Crippen molar-refractivity contribution in [2.45, 2.75) is 26.9 Å². The number of hydrogen-bond donors (Lipinski definition) is 0. The van der Waals surface area contributed by atoms with E-state index in [1.165, 1.54) is 11.1 Å². The first-order valence-corrected chi connectivity index (χ1v) is 9.06. The fraction of sp³-hybridized carbons (Fsp3) is 0.444. The van der Waals surface area contributed by atoms with E-state index in [0.29, 0.717) is 6.54 Å². The van der Waals surface area contributed by atoms with E-state index in [4.69, 9.17) is 0 Å². The molecule has 1 aliphatic rings. The molecule has 3 rings (SSSR count). The van der Waals surface area contributed by atoms with Crippen LogP contribution in [0.1, 0.15) is 16.8 Å². The maximum Gasteiger partial charge on any atom is 0.244 e. The third-order valence-electron chi connectivity index (χ3n) is 4.40. The van der Waals surface area contributed by atoms with Gasteiger partial charge in [-0.1, -0.05) is 29.8 Å². The Morgan fingerprint density at radius 1 is 1.21 bits per heavy atom. The van der Waals surface area contributed by atoms with Crippen molar-refractivity contribution in [2.75, 3.05) is 26.2 Å². The van der Waals surface area contributed by atoms with E-state index in [2.05, 4.69) is 57.1 Å². The van der Waals surface area contributed by atoms with Crippen LogP contribution in [0.4, 0.5) is 0 Å². The predicted molar refractivity (Wildman–Crippen MR) is 97.7 cm³/mol. The van der Waals surface area contributed by atoms with E-state index in [1.807, 2.05) is 18.0 Å². The minimum atomic E-state index is 0.139. The smallest absolute Gasteiger partial charge is 0.244 e. The first-order chi connectivity index (χ1) is 11.5. The maximum atomic E-state index is 12.4. The summed E-state index contributed by atoms with van der Waals surface area (Å²) < 4.78 is 2.65. The van der Waals surface area contributed by atoms with Crippen LogP contribution in [-0.2, 0) is 17.9 Å². The number of aromatic nitrogens is 2. The molecule has 1 fully saturated rings. The Bertz CT molecular complexity index is 700. The van der Waals surface area contributed by atoms with Crippen molar-refractivity contribution in [3.8, 4) is 0 Å². The summed E-state index contributed by atoms with van der Waals surface area (Å²) in [6, 6.07) is 8.63. The second-order valence-corrected chi connectivity index (χ2v) is 7.26. The van der Waals surface area contributed by atoms with E-state index in [0.717, 1.165) is 42.9 Å². The van der Waals surface area contributed by atoms with Gasteiger partial charge in [-0.15, -0.1) is 0 Å². The number of amides is 1. The van der Waals surface area contributed by atoms with E-state index >= 15 is 0 Å². The molecule has 1 amide bonds. The van der Waals surface area contributed by atoms with Gasteiger partial charge < -0.3 is 4.90 Å². The third kappa shape index (κ3) is 4.24. The molecule has 0 N–H and O–H groups in total. The predicted octanol–water partition coefficient (Wildman–Crippen LogP) is 2.61. The van der Waals surface area contributed by atoms with Gasteiger partial charge in [-0.2, -0.15) is 5.10 Å². The summed E-state index contributed by atoms with van der Waals surface area (Å²) in [6.45, 7) is 8.71. The van der Waals surface area contributed by atoms with Crippen molar-refractivity contribution in [3.63, 3.8) is 0 Å². The molecule has 1 aromatic heterocycles. The topological polar surface area (TPSA) is 41.4 Å². The van der Waals surface area contributed by atoms with Gasteiger partial charge in [0.05, 0.1) is 10.2 Å². The highest BCUT2D eigenvalue weighted by Gasteiger charge is 2.21. The fourth-order valence-electron chi connectivity index (χ4n) is 3.04. The van der Waals surface area contributed by atoms with Crippen LogP contribution in [0.3, 0.4) is 0 Å². The highest BCUT2D eigenvalue weighted by molar-refractivity contribution is 9.10. The van der Waals surface area contributed by atoms with Gasteiger partial charge in [0.25, 0.3) is 0 Å². The van der Waals surface area contributed by atoms with Gasteiger partial charge in [0, 0.05) is 38.9 Å². The molecule has 1 aromatic carbocycles. The standard InChI is InChI=1S/C18H23BrN4O/c1-14-4-3-5-16(10-14)11-21-6-8-22(9-7-21)18(24)13-23-12-17(19)15(2)20-23/h3-5,10,12H,6-9,11,13H2,1-2H3. The minimum Gasteiger partial charge on any atom is -0.339 e. The normalized spacial score (nSPS) is 15.7. The lowest BCUT2D eigenvalue weighted by atomic mass is 10.1. The molecule has 2 heterocycles. The second kappa shape index (κ2) is 7.49. The number of benzene rings is 1. The van der Waals surface area contributed by atoms with Gasteiger partial charge in [0.2, 0.25) is 5.91 Å². The molecule has 0 spiro atoms. The number of halogens is 1. The summed E-state index contributed by atoms with van der Waals surface area (Å²) in [5.74, 6) is 0.139. The lowest BCUT2D eigenvalue weighted by Gasteiger charge is -2.34. The molecule has 0 bridgehead atoms. The largest absolute Gasteiger partial charge is 0.339 e. The highest BCUT2D eigenvalue weighted by atomic mass is 79.9. The summed E-state index contributed by atoms with van der Waals surface area (Å²) in [5, 5.41) is 4.34. The molecule has 1 saturated heterocycles. The van der Waals surface area contributed by atoms with Gasteiger partial charge in [-0.05, 0) is 35.3 Å². The van der Waals surface area contributed by atoms with Crippen LogP contribution in [0, 0.1) is 13.8 Å². The molecule has 0 saturated carbocycles. The summed E-state index contributed by atoms with van der Waals surface area (Å²) in [7, 11) is 0. The van der Waals surface area contributed by atoms with Crippen LogP contribution in [0.15, 0.2) is 34.9 Å². The number of rotatable bonds is 4. The summed E-state index contributed by atoms with van der Waals surface area (Å²) >= 11 is 3.43.